The van der Waals surface area contributed by atoms with Gasteiger partial charge < -0.3 is 8.98 Å². The smallest absolute Gasteiger partial charge is 0.167 e. The van der Waals surface area contributed by atoms with Gasteiger partial charge in [0.2, 0.25) is 0 Å². The van der Waals surface area contributed by atoms with E-state index in [0.717, 1.165) is 80.7 Å². The Hall–Kier alpha value is -8.19. The first-order valence-corrected chi connectivity index (χ1v) is 21.5. The summed E-state index contributed by atoms with van der Waals surface area (Å²) in [7, 11) is 0. The van der Waals surface area contributed by atoms with Crippen molar-refractivity contribution >= 4 is 75.3 Å². The van der Waals surface area contributed by atoms with Crippen LogP contribution in [-0.4, -0.2) is 19.5 Å². The van der Waals surface area contributed by atoms with E-state index in [2.05, 4.69) is 132 Å². The van der Waals surface area contributed by atoms with Crippen molar-refractivity contribution in [1.82, 2.24) is 19.5 Å². The number of rotatable bonds is 6. The maximum Gasteiger partial charge on any atom is 0.167 e. The number of furan rings is 1. The second kappa shape index (κ2) is 14.2. The highest BCUT2D eigenvalue weighted by Crippen LogP contribution is 2.45. The largest absolute Gasteiger partial charge is 0.455 e. The fourth-order valence-electron chi connectivity index (χ4n) is 9.06. The van der Waals surface area contributed by atoms with Crippen LogP contribution in [0.3, 0.4) is 0 Å². The predicted molar refractivity (Wildman–Crippen MR) is 262 cm³/mol. The average molecular weight is 828 g/mol. The van der Waals surface area contributed by atoms with E-state index in [1.165, 1.54) is 0 Å². The zero-order chi connectivity index (χ0) is 45.8. The fourth-order valence-corrected chi connectivity index (χ4v) is 10.2. The minimum Gasteiger partial charge on any atom is -0.455 e. The summed E-state index contributed by atoms with van der Waals surface area (Å²) in [6, 6.07) is 58.1. The summed E-state index contributed by atoms with van der Waals surface area (Å²) < 4.78 is 54.6. The molecule has 0 amide bonds. The zero-order valence-electron chi connectivity index (χ0n) is 38.3. The molecule has 13 aromatic rings. The molecule has 9 aromatic carbocycles. The van der Waals surface area contributed by atoms with Gasteiger partial charge >= 0.3 is 0 Å². The topological polar surface area (TPSA) is 56.7 Å². The van der Waals surface area contributed by atoms with E-state index in [0.29, 0.717) is 22.3 Å². The summed E-state index contributed by atoms with van der Waals surface area (Å²) in [5.74, 6) is 0.464. The second-order valence-corrected chi connectivity index (χ2v) is 16.6. The summed E-state index contributed by atoms with van der Waals surface area (Å²) in [5, 5.41) is 6.08. The molecule has 4 heterocycles. The molecule has 0 aliphatic carbocycles. The molecule has 5 nitrogen and oxygen atoms in total. The van der Waals surface area contributed by atoms with Gasteiger partial charge in [-0.3, -0.25) is 0 Å². The van der Waals surface area contributed by atoms with Crippen molar-refractivity contribution in [2.24, 2.45) is 0 Å². The van der Waals surface area contributed by atoms with Gasteiger partial charge in [0, 0.05) is 58.5 Å². The predicted octanol–water partition coefficient (Wildman–Crippen LogP) is 15.6. The minimum absolute atomic E-state index is 0.0489. The maximum absolute atomic E-state index is 9.07. The molecule has 294 valence electrons. The summed E-state index contributed by atoms with van der Waals surface area (Å²) >= 11 is 1.64. The zero-order valence-corrected chi connectivity index (χ0v) is 34.2. The van der Waals surface area contributed by atoms with Gasteiger partial charge in [0.05, 0.1) is 23.5 Å². The SMILES string of the molecule is [2H]c1c([2H])c([2H])c(-c2nc(-c3cccc4c3oc3ccccc34)nc(-c3cc(-n4c5ccccc5c5ccccc54)cc4c3sc3ccc(-c5cccc(-c6ccccc6)c5)cc34)n2)c([2H])c1[2H]. The lowest BCUT2D eigenvalue weighted by Gasteiger charge is -2.13. The van der Waals surface area contributed by atoms with Gasteiger partial charge in [0.15, 0.2) is 17.5 Å². The average Bonchev–Trinajstić information content (AvgIpc) is 4.07. The number of aromatic nitrogens is 4. The number of benzene rings is 9. The van der Waals surface area contributed by atoms with Crippen LogP contribution in [0.15, 0.2) is 211 Å². The highest BCUT2D eigenvalue weighted by molar-refractivity contribution is 7.26. The molecule has 0 unspecified atom stereocenters. The van der Waals surface area contributed by atoms with Crippen LogP contribution in [-0.2, 0) is 0 Å². The molecule has 0 spiro atoms. The number of hydrogen-bond donors (Lipinski definition) is 0. The van der Waals surface area contributed by atoms with E-state index in [1.807, 2.05) is 48.5 Å². The van der Waals surface area contributed by atoms with Crippen molar-refractivity contribution in [2.45, 2.75) is 0 Å². The van der Waals surface area contributed by atoms with Gasteiger partial charge in [0.25, 0.3) is 0 Å². The number of hydrogen-bond acceptors (Lipinski definition) is 5. The Kier molecular flexibility index (Phi) is 6.94. The molecule has 4 aromatic heterocycles. The van der Waals surface area contributed by atoms with E-state index >= 15 is 0 Å². The van der Waals surface area contributed by atoms with Crippen LogP contribution >= 0.6 is 11.3 Å². The van der Waals surface area contributed by atoms with Gasteiger partial charge in [-0.2, -0.15) is 0 Å². The van der Waals surface area contributed by atoms with Gasteiger partial charge in [-0.05, 0) is 76.9 Å². The van der Waals surface area contributed by atoms with Crippen LogP contribution in [0.25, 0.3) is 126 Å². The second-order valence-electron chi connectivity index (χ2n) is 15.6. The molecule has 13 rings (SSSR count). The van der Waals surface area contributed by atoms with Crippen LogP contribution in [0.2, 0.25) is 0 Å². The van der Waals surface area contributed by atoms with E-state index < -0.39 is 30.2 Å². The summed E-state index contributed by atoms with van der Waals surface area (Å²) in [6.45, 7) is 0. The highest BCUT2D eigenvalue weighted by Gasteiger charge is 2.22. The molecule has 0 atom stereocenters. The Morgan fingerprint density at radius 3 is 1.84 bits per heavy atom. The lowest BCUT2D eigenvalue weighted by Crippen LogP contribution is -2.01. The van der Waals surface area contributed by atoms with E-state index in [9.17, 15) is 0 Å². The van der Waals surface area contributed by atoms with Crippen LogP contribution in [0.5, 0.6) is 0 Å². The molecular formula is C57H34N4OS. The molecule has 0 saturated carbocycles. The van der Waals surface area contributed by atoms with Crippen molar-refractivity contribution < 1.29 is 11.3 Å². The Morgan fingerprint density at radius 1 is 0.429 bits per heavy atom. The standard InChI is InChI=1S/C57H34N4OS/c1-3-15-35(16-4-1)37-19-13-20-38(31-37)39-29-30-52-46(32-39)47-33-40(61-49-26-10-7-21-41(49)42-22-8-11-27-50(42)61)34-48(54(47)63-52)57-59-55(36-17-5-2-6-18-36)58-56(60-57)45-25-14-24-44-43-23-9-12-28-51(43)62-53(44)45/h1-34H/i2D,5D,6D,17D,18D. The molecule has 0 fully saturated rings. The van der Waals surface area contributed by atoms with Crippen LogP contribution in [0, 0.1) is 0 Å². The van der Waals surface area contributed by atoms with Crippen molar-refractivity contribution in [1.29, 1.82) is 0 Å². The number of para-hydroxylation sites is 4. The first-order chi connectivity index (χ1) is 33.3. The van der Waals surface area contributed by atoms with Crippen molar-refractivity contribution in [3.05, 3.63) is 206 Å². The molecule has 0 N–H and O–H groups in total. The summed E-state index contributed by atoms with van der Waals surface area (Å²) in [6.07, 6.45) is 0. The number of fused-ring (bicyclic) bond motifs is 9. The van der Waals surface area contributed by atoms with E-state index in [1.54, 1.807) is 11.3 Å². The van der Waals surface area contributed by atoms with Crippen LogP contribution < -0.4 is 0 Å². The number of thiophene rings is 1. The molecule has 6 heteroatoms. The molecular weight excluding hydrogens is 789 g/mol. The van der Waals surface area contributed by atoms with Gasteiger partial charge in [0.1, 0.15) is 11.2 Å². The first-order valence-electron chi connectivity index (χ1n) is 23.2. The van der Waals surface area contributed by atoms with E-state index in [4.69, 9.17) is 26.2 Å². The van der Waals surface area contributed by atoms with Gasteiger partial charge in [-0.1, -0.05) is 152 Å². The lowest BCUT2D eigenvalue weighted by atomic mass is 9.97. The Morgan fingerprint density at radius 2 is 1.05 bits per heavy atom. The summed E-state index contributed by atoms with van der Waals surface area (Å²) in [4.78, 5) is 15.3. The third-order valence-electron chi connectivity index (χ3n) is 11.9. The van der Waals surface area contributed by atoms with Crippen molar-refractivity contribution in [3.8, 4) is 62.1 Å². The minimum atomic E-state index is -0.498. The molecule has 0 aliphatic heterocycles. The Labute approximate surface area is 372 Å². The normalized spacial score (nSPS) is 12.9. The maximum atomic E-state index is 9.07. The Bertz CT molecular complexity index is 4150. The van der Waals surface area contributed by atoms with Crippen molar-refractivity contribution in [2.75, 3.05) is 0 Å². The van der Waals surface area contributed by atoms with Gasteiger partial charge in [-0.25, -0.2) is 15.0 Å². The third kappa shape index (κ3) is 5.80. The van der Waals surface area contributed by atoms with Crippen LogP contribution in [0.1, 0.15) is 6.85 Å². The first kappa shape index (κ1) is 30.8. The van der Waals surface area contributed by atoms with Gasteiger partial charge in [-0.15, -0.1) is 11.3 Å². The molecule has 0 bridgehead atoms. The van der Waals surface area contributed by atoms with Crippen molar-refractivity contribution in [3.63, 3.8) is 0 Å². The Balaban J connectivity index is 1.12. The third-order valence-corrected chi connectivity index (χ3v) is 13.2. The summed E-state index contributed by atoms with van der Waals surface area (Å²) in [5.41, 5.74) is 9.81. The lowest BCUT2D eigenvalue weighted by molar-refractivity contribution is 0.669. The monoisotopic (exact) mass is 827 g/mol. The fraction of sp³-hybridized carbons (Fsp3) is 0. The van der Waals surface area contributed by atoms with Crippen LogP contribution in [0.4, 0.5) is 0 Å². The molecule has 63 heavy (non-hydrogen) atoms. The molecule has 0 saturated heterocycles. The quantitative estimate of drug-likeness (QED) is 0.168. The molecule has 0 radical (unpaired) electrons. The molecule has 0 aliphatic rings. The number of nitrogens with zero attached hydrogens (tertiary/aromatic N) is 4. The highest BCUT2D eigenvalue weighted by atomic mass is 32.1. The van der Waals surface area contributed by atoms with E-state index in [-0.39, 0.29) is 23.0 Å².